The number of benzene rings is 1. The summed E-state index contributed by atoms with van der Waals surface area (Å²) in [5.41, 5.74) is 4.06. The number of rotatable bonds is 3. The minimum Gasteiger partial charge on any atom is -0.202 e. The Morgan fingerprint density at radius 1 is 1.21 bits per heavy atom. The summed E-state index contributed by atoms with van der Waals surface area (Å²) in [6.45, 7) is 11.8. The molecule has 0 amide bonds. The lowest BCUT2D eigenvalue weighted by Crippen LogP contribution is -1.83. The van der Waals surface area contributed by atoms with Gasteiger partial charge in [0.25, 0.3) is 0 Å². The highest BCUT2D eigenvalue weighted by Crippen LogP contribution is 2.30. The van der Waals surface area contributed by atoms with E-state index >= 15 is 0 Å². The predicted octanol–water partition coefficient (Wildman–Crippen LogP) is 5.53. The molecule has 1 heteroatoms. The Bertz CT molecular complexity index is 434. The molecule has 1 aromatic rings. The fourth-order valence-electron chi connectivity index (χ4n) is 1.75. The SMILES string of the molecule is C#N.C/C(=C\C=C/C1CC1)c1ccccc1C.CC. The Morgan fingerprint density at radius 2 is 1.79 bits per heavy atom. The number of hydrogen-bond acceptors (Lipinski definition) is 1. The molecule has 0 heterocycles. The van der Waals surface area contributed by atoms with E-state index in [1.54, 1.807) is 0 Å². The number of hydrogen-bond donors (Lipinski definition) is 0. The van der Waals surface area contributed by atoms with Crippen molar-refractivity contribution in [3.63, 3.8) is 0 Å². The van der Waals surface area contributed by atoms with Crippen molar-refractivity contribution in [3.05, 3.63) is 53.6 Å². The first-order valence-corrected chi connectivity index (χ1v) is 6.94. The number of allylic oxidation sites excluding steroid dienone is 4. The van der Waals surface area contributed by atoms with Crippen molar-refractivity contribution in [1.82, 2.24) is 0 Å². The monoisotopic (exact) mass is 255 g/mol. The third-order valence-corrected chi connectivity index (χ3v) is 2.92. The summed E-state index contributed by atoms with van der Waals surface area (Å²) in [4.78, 5) is 0. The summed E-state index contributed by atoms with van der Waals surface area (Å²) >= 11 is 0. The van der Waals surface area contributed by atoms with Crippen LogP contribution in [-0.2, 0) is 0 Å². The van der Waals surface area contributed by atoms with Crippen molar-refractivity contribution in [3.8, 4) is 6.57 Å². The third-order valence-electron chi connectivity index (χ3n) is 2.92. The van der Waals surface area contributed by atoms with Gasteiger partial charge in [-0.2, -0.15) is 0 Å². The molecule has 0 aromatic heterocycles. The van der Waals surface area contributed by atoms with Gasteiger partial charge in [0.15, 0.2) is 0 Å². The zero-order chi connectivity index (χ0) is 14.7. The standard InChI is InChI=1S/C15H18.C2H6.CHN/c1-12-6-3-4-9-15(12)13(2)7-5-8-14-10-11-14;2*1-2/h3-9,14H,10-11H2,1-2H3;1-2H3;1H/b8-5-,13-7+;;. The van der Waals surface area contributed by atoms with Gasteiger partial charge in [-0.1, -0.05) is 56.3 Å². The van der Waals surface area contributed by atoms with Crippen LogP contribution in [-0.4, -0.2) is 0 Å². The van der Waals surface area contributed by atoms with Gasteiger partial charge in [0.1, 0.15) is 0 Å². The second kappa shape index (κ2) is 10.1. The van der Waals surface area contributed by atoms with Crippen molar-refractivity contribution in [2.45, 2.75) is 40.5 Å². The maximum absolute atomic E-state index is 6.50. The van der Waals surface area contributed by atoms with Gasteiger partial charge < -0.3 is 0 Å². The van der Waals surface area contributed by atoms with E-state index in [1.807, 2.05) is 13.8 Å². The van der Waals surface area contributed by atoms with E-state index in [0.29, 0.717) is 0 Å². The van der Waals surface area contributed by atoms with Gasteiger partial charge in [-0.3, -0.25) is 0 Å². The van der Waals surface area contributed by atoms with E-state index in [2.05, 4.69) is 62.9 Å². The van der Waals surface area contributed by atoms with Gasteiger partial charge in [0, 0.05) is 6.57 Å². The first-order valence-electron chi connectivity index (χ1n) is 6.94. The molecule has 1 aliphatic carbocycles. The lowest BCUT2D eigenvalue weighted by atomic mass is 10.0. The molecule has 0 N–H and O–H groups in total. The summed E-state index contributed by atoms with van der Waals surface area (Å²) in [6.07, 6.45) is 9.52. The molecular weight excluding hydrogens is 230 g/mol. The van der Waals surface area contributed by atoms with Crippen LogP contribution in [0.25, 0.3) is 5.57 Å². The molecule has 0 unspecified atom stereocenters. The van der Waals surface area contributed by atoms with Crippen LogP contribution in [0, 0.1) is 24.7 Å². The average molecular weight is 255 g/mol. The van der Waals surface area contributed by atoms with Crippen molar-refractivity contribution in [2.24, 2.45) is 5.92 Å². The molecule has 1 fully saturated rings. The summed E-state index contributed by atoms with van der Waals surface area (Å²) in [6, 6.07) is 8.54. The highest BCUT2D eigenvalue weighted by molar-refractivity contribution is 5.67. The lowest BCUT2D eigenvalue weighted by Gasteiger charge is -2.04. The maximum atomic E-state index is 6.50. The maximum Gasteiger partial charge on any atom is 0.0462 e. The van der Waals surface area contributed by atoms with Gasteiger partial charge in [0.2, 0.25) is 0 Å². The van der Waals surface area contributed by atoms with Gasteiger partial charge in [-0.25, -0.2) is 5.26 Å². The second-order valence-electron chi connectivity index (χ2n) is 4.39. The van der Waals surface area contributed by atoms with E-state index in [4.69, 9.17) is 5.26 Å². The molecule has 19 heavy (non-hydrogen) atoms. The quantitative estimate of drug-likeness (QED) is 0.651. The molecule has 2 rings (SSSR count). The van der Waals surface area contributed by atoms with Crippen molar-refractivity contribution in [1.29, 1.82) is 5.26 Å². The molecular formula is C18H25N. The van der Waals surface area contributed by atoms with E-state index < -0.39 is 0 Å². The van der Waals surface area contributed by atoms with Gasteiger partial charge >= 0.3 is 0 Å². The van der Waals surface area contributed by atoms with E-state index in [0.717, 1.165) is 5.92 Å². The number of aryl methyl sites for hydroxylation is 1. The van der Waals surface area contributed by atoms with E-state index in [9.17, 15) is 0 Å². The van der Waals surface area contributed by atoms with Gasteiger partial charge in [0.05, 0.1) is 0 Å². The summed E-state index contributed by atoms with van der Waals surface area (Å²) < 4.78 is 0. The van der Waals surface area contributed by atoms with Crippen LogP contribution >= 0.6 is 0 Å². The molecule has 0 radical (unpaired) electrons. The Morgan fingerprint density at radius 3 is 2.32 bits per heavy atom. The fraction of sp³-hybridized carbons (Fsp3) is 0.389. The fourth-order valence-corrected chi connectivity index (χ4v) is 1.75. The van der Waals surface area contributed by atoms with E-state index in [-0.39, 0.29) is 0 Å². The van der Waals surface area contributed by atoms with Crippen LogP contribution in [0.5, 0.6) is 0 Å². The summed E-state index contributed by atoms with van der Waals surface area (Å²) in [5.74, 6) is 0.867. The molecule has 1 saturated carbocycles. The zero-order valence-corrected chi connectivity index (χ0v) is 12.6. The van der Waals surface area contributed by atoms with Crippen LogP contribution < -0.4 is 0 Å². The minimum atomic E-state index is 0.867. The predicted molar refractivity (Wildman–Crippen MR) is 84.7 cm³/mol. The highest BCUT2D eigenvalue weighted by Gasteiger charge is 2.16. The van der Waals surface area contributed by atoms with E-state index in [1.165, 1.54) is 29.5 Å². The smallest absolute Gasteiger partial charge is 0.0462 e. The normalized spacial score (nSPS) is 14.1. The zero-order valence-electron chi connectivity index (χ0n) is 12.6. The summed E-state index contributed by atoms with van der Waals surface area (Å²) in [7, 11) is 0. The molecule has 0 spiro atoms. The third kappa shape index (κ3) is 6.62. The van der Waals surface area contributed by atoms with Crippen LogP contribution in [0.4, 0.5) is 0 Å². The first kappa shape index (κ1) is 17.2. The molecule has 1 nitrogen and oxygen atoms in total. The van der Waals surface area contributed by atoms with Gasteiger partial charge in [-0.15, -0.1) is 0 Å². The minimum absolute atomic E-state index is 0.867. The topological polar surface area (TPSA) is 23.8 Å². The Kier molecular flexibility index (Phi) is 9.18. The van der Waals surface area contributed by atoms with Crippen LogP contribution in [0.2, 0.25) is 0 Å². The van der Waals surface area contributed by atoms with Crippen LogP contribution in [0.3, 0.4) is 0 Å². The van der Waals surface area contributed by atoms with Crippen molar-refractivity contribution in [2.75, 3.05) is 0 Å². The molecule has 102 valence electrons. The molecule has 1 aliphatic rings. The van der Waals surface area contributed by atoms with Crippen LogP contribution in [0.1, 0.15) is 44.7 Å². The average Bonchev–Trinajstić information content (AvgIpc) is 3.28. The Labute approximate surface area is 118 Å². The number of nitrogens with zero attached hydrogens (tertiary/aromatic N) is 1. The number of nitriles is 1. The van der Waals surface area contributed by atoms with Crippen LogP contribution in [0.15, 0.2) is 42.5 Å². The molecule has 0 saturated heterocycles. The molecule has 0 bridgehead atoms. The largest absolute Gasteiger partial charge is 0.202 e. The molecule has 0 atom stereocenters. The van der Waals surface area contributed by atoms with Crippen molar-refractivity contribution < 1.29 is 0 Å². The molecule has 0 aliphatic heterocycles. The van der Waals surface area contributed by atoms with Crippen molar-refractivity contribution >= 4 is 5.57 Å². The molecule has 1 aromatic carbocycles. The first-order chi connectivity index (χ1) is 9.27. The lowest BCUT2D eigenvalue weighted by molar-refractivity contribution is 1.12. The Hall–Kier alpha value is -1.81. The van der Waals surface area contributed by atoms with Gasteiger partial charge in [-0.05, 0) is 49.3 Å². The summed E-state index contributed by atoms with van der Waals surface area (Å²) in [5, 5.41) is 6.50. The highest BCUT2D eigenvalue weighted by atomic mass is 14.2. The Balaban J connectivity index is 0.000000741. The second-order valence-corrected chi connectivity index (χ2v) is 4.39.